The third-order valence-electron chi connectivity index (χ3n) is 7.75. The summed E-state index contributed by atoms with van der Waals surface area (Å²) < 4.78 is 28.6. The number of sulfonamides is 1. The van der Waals surface area contributed by atoms with Gasteiger partial charge in [-0.3, -0.25) is 9.59 Å². The Morgan fingerprint density at radius 2 is 1.67 bits per heavy atom. The quantitative estimate of drug-likeness (QED) is 0.458. The van der Waals surface area contributed by atoms with Gasteiger partial charge in [-0.15, -0.1) is 0 Å². The number of nitrogens with one attached hydrogen (secondary N) is 2. The van der Waals surface area contributed by atoms with Crippen molar-refractivity contribution in [2.75, 3.05) is 13.1 Å². The number of amides is 2. The van der Waals surface area contributed by atoms with Gasteiger partial charge in [0, 0.05) is 19.0 Å². The molecule has 2 aliphatic rings. The van der Waals surface area contributed by atoms with E-state index in [9.17, 15) is 27.9 Å². The van der Waals surface area contributed by atoms with Crippen molar-refractivity contribution in [3.8, 4) is 0 Å². The maximum Gasteiger partial charge on any atom is 0.329 e. The van der Waals surface area contributed by atoms with Gasteiger partial charge in [-0.05, 0) is 50.7 Å². The van der Waals surface area contributed by atoms with E-state index in [-0.39, 0.29) is 28.5 Å². The predicted octanol–water partition coefficient (Wildman–Crippen LogP) is 2.83. The van der Waals surface area contributed by atoms with E-state index < -0.39 is 27.6 Å². The van der Waals surface area contributed by atoms with Gasteiger partial charge >= 0.3 is 5.97 Å². The van der Waals surface area contributed by atoms with E-state index in [4.69, 9.17) is 0 Å². The lowest BCUT2D eigenvalue weighted by Gasteiger charge is -2.38. The van der Waals surface area contributed by atoms with E-state index in [2.05, 4.69) is 10.0 Å². The number of hydrogen-bond acceptors (Lipinski definition) is 5. The van der Waals surface area contributed by atoms with Crippen LogP contribution in [0.15, 0.2) is 29.2 Å². The van der Waals surface area contributed by atoms with Crippen LogP contribution in [0.1, 0.15) is 70.8 Å². The minimum Gasteiger partial charge on any atom is -0.480 e. The molecule has 2 fully saturated rings. The third kappa shape index (κ3) is 6.45. The summed E-state index contributed by atoms with van der Waals surface area (Å²) in [5, 5.41) is 12.6. The highest BCUT2D eigenvalue weighted by Crippen LogP contribution is 2.30. The lowest BCUT2D eigenvalue weighted by molar-refractivity contribution is -0.150. The van der Waals surface area contributed by atoms with Gasteiger partial charge in [0.15, 0.2) is 0 Å². The van der Waals surface area contributed by atoms with E-state index >= 15 is 0 Å². The van der Waals surface area contributed by atoms with Crippen LogP contribution < -0.4 is 10.0 Å². The van der Waals surface area contributed by atoms with Gasteiger partial charge in [-0.1, -0.05) is 57.2 Å². The molecule has 0 spiro atoms. The molecule has 1 saturated heterocycles. The molecular formula is C26H39N3O6S. The van der Waals surface area contributed by atoms with Crippen LogP contribution in [0, 0.1) is 18.8 Å². The molecule has 0 aromatic heterocycles. The number of aryl methyl sites for hydroxylation is 1. The summed E-state index contributed by atoms with van der Waals surface area (Å²) in [6.45, 7) is 6.25. The van der Waals surface area contributed by atoms with Gasteiger partial charge in [-0.25, -0.2) is 13.2 Å². The van der Waals surface area contributed by atoms with Gasteiger partial charge < -0.3 is 15.3 Å². The molecular weight excluding hydrogens is 482 g/mol. The number of carboxylic acids is 1. The Labute approximate surface area is 214 Å². The molecule has 0 radical (unpaired) electrons. The maximum absolute atomic E-state index is 13.4. The first-order chi connectivity index (χ1) is 17.0. The Hall–Kier alpha value is -2.46. The standard InChI is InChI=1S/C26H39N3O6S/c1-4-19(3)22(28-36(34,35)21-10-8-18(2)9-11-21)24(31)29-16-12-20(13-17-29)23(30)27-26(25(32)33)14-6-5-7-15-26/h8-11,19-20,22,28H,4-7,12-17H2,1-3H3,(H,27,30)(H,32,33)/t19-,22-/m0/s1. The van der Waals surface area contributed by atoms with E-state index in [1.165, 1.54) is 12.1 Å². The second-order valence-electron chi connectivity index (χ2n) is 10.3. The lowest BCUT2D eigenvalue weighted by Crippen LogP contribution is -2.58. The predicted molar refractivity (Wildman–Crippen MR) is 136 cm³/mol. The van der Waals surface area contributed by atoms with Gasteiger partial charge in [-0.2, -0.15) is 4.72 Å². The van der Waals surface area contributed by atoms with Gasteiger partial charge in [0.2, 0.25) is 21.8 Å². The normalized spacial score (nSPS) is 20.4. The average molecular weight is 522 g/mol. The van der Waals surface area contributed by atoms with Crippen LogP contribution >= 0.6 is 0 Å². The van der Waals surface area contributed by atoms with Crippen LogP contribution in [0.5, 0.6) is 0 Å². The second kappa shape index (κ2) is 11.7. The molecule has 3 N–H and O–H groups in total. The van der Waals surface area contributed by atoms with Gasteiger partial charge in [0.05, 0.1) is 4.90 Å². The fourth-order valence-electron chi connectivity index (χ4n) is 5.04. The number of piperidine rings is 1. The summed E-state index contributed by atoms with van der Waals surface area (Å²) in [7, 11) is -3.89. The fraction of sp³-hybridized carbons (Fsp3) is 0.654. The zero-order chi connectivity index (χ0) is 26.5. The summed E-state index contributed by atoms with van der Waals surface area (Å²) in [6, 6.07) is 5.56. The van der Waals surface area contributed by atoms with E-state index in [0.29, 0.717) is 45.2 Å². The Morgan fingerprint density at radius 1 is 1.08 bits per heavy atom. The second-order valence-corrected chi connectivity index (χ2v) is 12.0. The van der Waals surface area contributed by atoms with Crippen LogP contribution in [-0.4, -0.2) is 60.9 Å². The van der Waals surface area contributed by atoms with Crippen LogP contribution in [0.4, 0.5) is 0 Å². The zero-order valence-corrected chi connectivity index (χ0v) is 22.3. The highest BCUT2D eigenvalue weighted by atomic mass is 32.2. The zero-order valence-electron chi connectivity index (χ0n) is 21.5. The van der Waals surface area contributed by atoms with Crippen molar-refractivity contribution in [2.45, 2.75) is 88.6 Å². The molecule has 1 aromatic carbocycles. The summed E-state index contributed by atoms with van der Waals surface area (Å²) in [5.41, 5.74) is -0.258. The molecule has 10 heteroatoms. The molecule has 2 atom stereocenters. The molecule has 0 unspecified atom stereocenters. The fourth-order valence-corrected chi connectivity index (χ4v) is 6.34. The van der Waals surface area contributed by atoms with Crippen molar-refractivity contribution in [1.82, 2.24) is 14.9 Å². The van der Waals surface area contributed by atoms with Crippen LogP contribution in [0.2, 0.25) is 0 Å². The number of benzene rings is 1. The minimum absolute atomic E-state index is 0.111. The van der Waals surface area contributed by atoms with Crippen molar-refractivity contribution in [1.29, 1.82) is 0 Å². The molecule has 200 valence electrons. The number of carbonyl (C=O) groups is 3. The Morgan fingerprint density at radius 3 is 2.19 bits per heavy atom. The summed E-state index contributed by atoms with van der Waals surface area (Å²) in [5.74, 6) is -2.16. The van der Waals surface area contributed by atoms with Crippen molar-refractivity contribution in [3.63, 3.8) is 0 Å². The smallest absolute Gasteiger partial charge is 0.329 e. The number of hydrogen-bond donors (Lipinski definition) is 3. The monoisotopic (exact) mass is 521 g/mol. The summed E-state index contributed by atoms with van der Waals surface area (Å²) in [6.07, 6.45) is 4.81. The molecule has 1 aromatic rings. The number of carboxylic acid groups (broad SMARTS) is 1. The Balaban J connectivity index is 1.64. The molecule has 9 nitrogen and oxygen atoms in total. The molecule has 3 rings (SSSR count). The highest BCUT2D eigenvalue weighted by Gasteiger charge is 2.43. The van der Waals surface area contributed by atoms with Crippen molar-refractivity contribution in [2.24, 2.45) is 11.8 Å². The molecule has 36 heavy (non-hydrogen) atoms. The van der Waals surface area contributed by atoms with Gasteiger partial charge in [0.25, 0.3) is 0 Å². The number of rotatable bonds is 9. The Kier molecular flexibility index (Phi) is 9.16. The number of carbonyl (C=O) groups excluding carboxylic acids is 2. The van der Waals surface area contributed by atoms with Crippen molar-refractivity contribution >= 4 is 27.8 Å². The van der Waals surface area contributed by atoms with E-state index in [1.807, 2.05) is 20.8 Å². The topological polar surface area (TPSA) is 133 Å². The van der Waals surface area contributed by atoms with Gasteiger partial charge in [0.1, 0.15) is 11.6 Å². The number of nitrogens with zero attached hydrogens (tertiary/aromatic N) is 1. The molecule has 0 bridgehead atoms. The minimum atomic E-state index is -3.89. The molecule has 1 aliphatic carbocycles. The average Bonchev–Trinajstić information content (AvgIpc) is 2.87. The third-order valence-corrected chi connectivity index (χ3v) is 9.21. The number of aliphatic carboxylic acids is 1. The van der Waals surface area contributed by atoms with E-state index in [0.717, 1.165) is 24.8 Å². The molecule has 2 amide bonds. The molecule has 1 heterocycles. The maximum atomic E-state index is 13.4. The van der Waals surface area contributed by atoms with Crippen molar-refractivity contribution in [3.05, 3.63) is 29.8 Å². The van der Waals surface area contributed by atoms with E-state index in [1.54, 1.807) is 17.0 Å². The number of likely N-dealkylation sites (tertiary alicyclic amines) is 1. The SMILES string of the molecule is CC[C@H](C)[C@H](NS(=O)(=O)c1ccc(C)cc1)C(=O)N1CCC(C(=O)NC2(C(=O)O)CCCCC2)CC1. The van der Waals surface area contributed by atoms with Crippen LogP contribution in [-0.2, 0) is 24.4 Å². The van der Waals surface area contributed by atoms with Crippen LogP contribution in [0.25, 0.3) is 0 Å². The summed E-state index contributed by atoms with van der Waals surface area (Å²) in [4.78, 5) is 40.0. The largest absolute Gasteiger partial charge is 0.480 e. The molecule has 1 saturated carbocycles. The highest BCUT2D eigenvalue weighted by molar-refractivity contribution is 7.89. The Bertz CT molecular complexity index is 1040. The summed E-state index contributed by atoms with van der Waals surface area (Å²) >= 11 is 0. The lowest BCUT2D eigenvalue weighted by atomic mass is 9.81. The van der Waals surface area contributed by atoms with Crippen molar-refractivity contribution < 1.29 is 27.9 Å². The first kappa shape index (κ1) is 28.1. The first-order valence-electron chi connectivity index (χ1n) is 12.9. The molecule has 1 aliphatic heterocycles. The first-order valence-corrected chi connectivity index (χ1v) is 14.4. The van der Waals surface area contributed by atoms with Crippen LogP contribution in [0.3, 0.4) is 0 Å².